The van der Waals surface area contributed by atoms with Crippen LogP contribution in [0.25, 0.3) is 10.8 Å². The first kappa shape index (κ1) is 19.2. The van der Waals surface area contributed by atoms with Crippen molar-refractivity contribution in [2.24, 2.45) is 0 Å². The van der Waals surface area contributed by atoms with Gasteiger partial charge in [-0.3, -0.25) is 4.79 Å². The highest BCUT2D eigenvalue weighted by atomic mass is 79.9. The minimum absolute atomic E-state index is 0.312. The minimum Gasteiger partial charge on any atom is -0.481 e. The number of esters is 1. The molecule has 0 heterocycles. The van der Waals surface area contributed by atoms with Crippen LogP contribution in [0.1, 0.15) is 25.7 Å². The highest BCUT2D eigenvalue weighted by molar-refractivity contribution is 9.10. The third-order valence-corrected chi connectivity index (χ3v) is 5.41. The number of benzene rings is 2. The lowest BCUT2D eigenvalue weighted by molar-refractivity contribution is -0.150. The Kier molecular flexibility index (Phi) is 5.97. The summed E-state index contributed by atoms with van der Waals surface area (Å²) in [5, 5.41) is 14.0. The molecule has 0 radical (unpaired) electrons. The van der Waals surface area contributed by atoms with Gasteiger partial charge in [0.1, 0.15) is 11.3 Å². The topological polar surface area (TPSA) is 88.4 Å². The molecule has 7 heteroatoms. The maximum absolute atomic E-state index is 12.0. The van der Waals surface area contributed by atoms with Gasteiger partial charge in [-0.2, -0.15) is 5.26 Å². The third kappa shape index (κ3) is 4.58. The molecule has 1 saturated carbocycles. The van der Waals surface area contributed by atoms with Gasteiger partial charge in [-0.25, -0.2) is 4.79 Å². The van der Waals surface area contributed by atoms with E-state index in [2.05, 4.69) is 27.3 Å². The number of carbonyl (C=O) groups excluding carboxylic acids is 2. The number of halogens is 1. The lowest BCUT2D eigenvalue weighted by Crippen LogP contribution is -2.46. The molecule has 1 N–H and O–H groups in total. The maximum atomic E-state index is 12.0. The molecule has 3 rings (SSSR count). The van der Waals surface area contributed by atoms with E-state index < -0.39 is 24.0 Å². The normalized spacial score (nSPS) is 15.1. The SMILES string of the molecule is N#CC1(NC(=O)COC(=O)COc2ccc3ccccc3c2Br)CCCC1. The first-order valence-corrected chi connectivity index (χ1v) is 9.50. The molecular formula is C20H19BrN2O4. The van der Waals surface area contributed by atoms with Crippen LogP contribution in [0.4, 0.5) is 0 Å². The standard InChI is InChI=1S/C20H19BrN2O4/c21-19-15-6-2-1-5-14(15)7-8-16(19)26-12-18(25)27-11-17(24)23-20(13-22)9-3-4-10-20/h1-2,5-8H,3-4,9-12H2,(H,23,24). The van der Waals surface area contributed by atoms with E-state index in [1.807, 2.05) is 30.3 Å². The van der Waals surface area contributed by atoms with Gasteiger partial charge < -0.3 is 14.8 Å². The zero-order chi connectivity index (χ0) is 19.3. The number of rotatable bonds is 6. The number of hydrogen-bond acceptors (Lipinski definition) is 5. The van der Waals surface area contributed by atoms with E-state index in [9.17, 15) is 14.9 Å². The van der Waals surface area contributed by atoms with Crippen LogP contribution in [-0.2, 0) is 14.3 Å². The average molecular weight is 431 g/mol. The Morgan fingerprint density at radius 1 is 1.15 bits per heavy atom. The van der Waals surface area contributed by atoms with E-state index in [1.54, 1.807) is 6.07 Å². The van der Waals surface area contributed by atoms with Gasteiger partial charge in [0.2, 0.25) is 0 Å². The predicted octanol–water partition coefficient (Wildman–Crippen LogP) is 3.48. The highest BCUT2D eigenvalue weighted by Gasteiger charge is 2.35. The molecule has 2 aromatic carbocycles. The Balaban J connectivity index is 1.49. The monoisotopic (exact) mass is 430 g/mol. The fraction of sp³-hybridized carbons (Fsp3) is 0.350. The molecule has 0 bridgehead atoms. The van der Waals surface area contributed by atoms with Crippen molar-refractivity contribution in [1.82, 2.24) is 5.32 Å². The van der Waals surface area contributed by atoms with Crippen LogP contribution in [0, 0.1) is 11.3 Å². The summed E-state index contributed by atoms with van der Waals surface area (Å²) in [7, 11) is 0. The van der Waals surface area contributed by atoms with Crippen molar-refractivity contribution in [2.75, 3.05) is 13.2 Å². The molecule has 27 heavy (non-hydrogen) atoms. The molecule has 0 aliphatic heterocycles. The van der Waals surface area contributed by atoms with E-state index >= 15 is 0 Å². The van der Waals surface area contributed by atoms with Crippen LogP contribution in [0.5, 0.6) is 5.75 Å². The van der Waals surface area contributed by atoms with Gasteiger partial charge in [0, 0.05) is 0 Å². The smallest absolute Gasteiger partial charge is 0.344 e. The van der Waals surface area contributed by atoms with Crippen LogP contribution >= 0.6 is 15.9 Å². The zero-order valence-corrected chi connectivity index (χ0v) is 16.3. The van der Waals surface area contributed by atoms with Gasteiger partial charge in [0.15, 0.2) is 13.2 Å². The average Bonchev–Trinajstić information content (AvgIpc) is 3.15. The predicted molar refractivity (Wildman–Crippen MR) is 103 cm³/mol. The number of nitrogens with one attached hydrogen (secondary N) is 1. The lowest BCUT2D eigenvalue weighted by atomic mass is 10.00. The van der Waals surface area contributed by atoms with E-state index in [0.29, 0.717) is 18.6 Å². The Hall–Kier alpha value is -2.59. The number of amides is 1. The molecule has 0 spiro atoms. The summed E-state index contributed by atoms with van der Waals surface area (Å²) in [5.41, 5.74) is -0.823. The van der Waals surface area contributed by atoms with Crippen molar-refractivity contribution < 1.29 is 19.1 Å². The number of ether oxygens (including phenoxy) is 2. The summed E-state index contributed by atoms with van der Waals surface area (Å²) in [4.78, 5) is 23.8. The minimum atomic E-state index is -0.823. The molecule has 1 aliphatic carbocycles. The van der Waals surface area contributed by atoms with Crippen LogP contribution in [0.2, 0.25) is 0 Å². The summed E-state index contributed by atoms with van der Waals surface area (Å²) < 4.78 is 11.2. The molecule has 0 atom stereocenters. The molecule has 1 fully saturated rings. The second-order valence-electron chi connectivity index (χ2n) is 6.50. The Morgan fingerprint density at radius 3 is 2.63 bits per heavy atom. The molecule has 0 saturated heterocycles. The van der Waals surface area contributed by atoms with Gasteiger partial charge >= 0.3 is 5.97 Å². The molecule has 140 valence electrons. The fourth-order valence-electron chi connectivity index (χ4n) is 3.20. The first-order chi connectivity index (χ1) is 13.0. The molecule has 1 amide bonds. The van der Waals surface area contributed by atoms with E-state index in [1.165, 1.54) is 0 Å². The summed E-state index contributed by atoms with van der Waals surface area (Å²) in [6.45, 7) is -0.738. The van der Waals surface area contributed by atoms with Gasteiger partial charge in [0.05, 0.1) is 10.5 Å². The zero-order valence-electron chi connectivity index (χ0n) is 14.7. The van der Waals surface area contributed by atoms with E-state index in [0.717, 1.165) is 28.1 Å². The van der Waals surface area contributed by atoms with Crippen LogP contribution in [0.15, 0.2) is 40.9 Å². The fourth-order valence-corrected chi connectivity index (χ4v) is 3.80. The van der Waals surface area contributed by atoms with Gasteiger partial charge in [-0.1, -0.05) is 30.3 Å². The molecule has 0 aromatic heterocycles. The van der Waals surface area contributed by atoms with Crippen LogP contribution in [-0.4, -0.2) is 30.6 Å². The van der Waals surface area contributed by atoms with Crippen molar-refractivity contribution in [3.8, 4) is 11.8 Å². The quantitative estimate of drug-likeness (QED) is 0.708. The van der Waals surface area contributed by atoms with Crippen molar-refractivity contribution in [2.45, 2.75) is 31.2 Å². The van der Waals surface area contributed by atoms with Gasteiger partial charge in [0.25, 0.3) is 5.91 Å². The number of nitriles is 1. The van der Waals surface area contributed by atoms with Gasteiger partial charge in [-0.05, 0) is 58.5 Å². The molecular weight excluding hydrogens is 412 g/mol. The van der Waals surface area contributed by atoms with E-state index in [-0.39, 0.29) is 6.61 Å². The molecule has 2 aromatic rings. The lowest BCUT2D eigenvalue weighted by Gasteiger charge is -2.21. The van der Waals surface area contributed by atoms with Crippen molar-refractivity contribution in [3.05, 3.63) is 40.9 Å². The first-order valence-electron chi connectivity index (χ1n) is 8.71. The summed E-state index contributed by atoms with van der Waals surface area (Å²) >= 11 is 3.49. The third-order valence-electron chi connectivity index (χ3n) is 4.59. The van der Waals surface area contributed by atoms with Crippen molar-refractivity contribution in [3.63, 3.8) is 0 Å². The van der Waals surface area contributed by atoms with Crippen LogP contribution in [0.3, 0.4) is 0 Å². The van der Waals surface area contributed by atoms with Crippen molar-refractivity contribution >= 4 is 38.6 Å². The molecule has 6 nitrogen and oxygen atoms in total. The Morgan fingerprint density at radius 2 is 1.89 bits per heavy atom. The summed E-state index contributed by atoms with van der Waals surface area (Å²) in [5.74, 6) is -0.606. The Labute approximate surface area is 165 Å². The largest absolute Gasteiger partial charge is 0.481 e. The summed E-state index contributed by atoms with van der Waals surface area (Å²) in [6.07, 6.45) is 3.06. The number of fused-ring (bicyclic) bond motifs is 1. The Bertz CT molecular complexity index is 900. The highest BCUT2D eigenvalue weighted by Crippen LogP contribution is 2.33. The number of nitrogens with zero attached hydrogens (tertiary/aromatic N) is 1. The maximum Gasteiger partial charge on any atom is 0.344 e. The number of carbonyl (C=O) groups is 2. The summed E-state index contributed by atoms with van der Waals surface area (Å²) in [6, 6.07) is 13.6. The van der Waals surface area contributed by atoms with Gasteiger partial charge in [-0.15, -0.1) is 0 Å². The second-order valence-corrected chi connectivity index (χ2v) is 7.29. The second kappa shape index (κ2) is 8.40. The number of hydrogen-bond donors (Lipinski definition) is 1. The van der Waals surface area contributed by atoms with E-state index in [4.69, 9.17) is 9.47 Å². The van der Waals surface area contributed by atoms with Crippen molar-refractivity contribution in [1.29, 1.82) is 5.26 Å². The molecule has 0 unspecified atom stereocenters. The van der Waals surface area contributed by atoms with Crippen LogP contribution < -0.4 is 10.1 Å². The molecule has 1 aliphatic rings.